The van der Waals surface area contributed by atoms with Crippen molar-refractivity contribution in [3.63, 3.8) is 0 Å². The van der Waals surface area contributed by atoms with E-state index in [1.807, 2.05) is 0 Å². The first-order chi connectivity index (χ1) is 9.13. The number of methoxy groups -OCH3 is 1. The lowest BCUT2D eigenvalue weighted by Crippen LogP contribution is -2.27. The van der Waals surface area contributed by atoms with Crippen molar-refractivity contribution in [3.05, 3.63) is 28.8 Å². The lowest BCUT2D eigenvalue weighted by molar-refractivity contribution is 0.287. The van der Waals surface area contributed by atoms with Crippen LogP contribution in [-0.2, 0) is 6.42 Å². The van der Waals surface area contributed by atoms with E-state index in [0.717, 1.165) is 25.3 Å². The number of nitrogens with zero attached hydrogens (tertiary/aromatic N) is 1. The average Bonchev–Trinajstić information content (AvgIpc) is 2.43. The minimum Gasteiger partial charge on any atom is -0.496 e. The summed E-state index contributed by atoms with van der Waals surface area (Å²) in [5.41, 5.74) is 4.11. The molecule has 1 aromatic carbocycles. The molecule has 0 atom stereocenters. The summed E-state index contributed by atoms with van der Waals surface area (Å²) in [6.07, 6.45) is 3.71. The van der Waals surface area contributed by atoms with E-state index in [-0.39, 0.29) is 0 Å². The van der Waals surface area contributed by atoms with E-state index in [4.69, 9.17) is 4.74 Å². The highest BCUT2D eigenvalue weighted by Gasteiger charge is 2.08. The number of hydrogen-bond acceptors (Lipinski definition) is 2. The van der Waals surface area contributed by atoms with Crippen LogP contribution in [0.25, 0.3) is 0 Å². The molecule has 0 spiro atoms. The quantitative estimate of drug-likeness (QED) is 0.703. The van der Waals surface area contributed by atoms with Crippen molar-refractivity contribution >= 4 is 0 Å². The number of rotatable bonds is 8. The number of hydrogen-bond donors (Lipinski definition) is 0. The molecule has 1 rings (SSSR count). The second-order valence-electron chi connectivity index (χ2n) is 5.21. The summed E-state index contributed by atoms with van der Waals surface area (Å²) in [4.78, 5) is 2.54. The van der Waals surface area contributed by atoms with E-state index in [2.05, 4.69) is 44.7 Å². The van der Waals surface area contributed by atoms with Crippen molar-refractivity contribution in [2.24, 2.45) is 0 Å². The van der Waals surface area contributed by atoms with E-state index in [1.54, 1.807) is 7.11 Å². The van der Waals surface area contributed by atoms with Gasteiger partial charge in [0, 0.05) is 6.54 Å². The second kappa shape index (κ2) is 8.21. The molecule has 19 heavy (non-hydrogen) atoms. The summed E-state index contributed by atoms with van der Waals surface area (Å²) in [6, 6.07) is 4.31. The highest BCUT2D eigenvalue weighted by Crippen LogP contribution is 2.24. The maximum Gasteiger partial charge on any atom is 0.122 e. The number of benzene rings is 1. The molecule has 0 bridgehead atoms. The summed E-state index contributed by atoms with van der Waals surface area (Å²) in [5, 5.41) is 0. The fourth-order valence-electron chi connectivity index (χ4n) is 2.43. The minimum atomic E-state index is 1.000. The summed E-state index contributed by atoms with van der Waals surface area (Å²) in [7, 11) is 1.74. The molecule has 0 amide bonds. The number of unbranched alkanes of at least 4 members (excludes halogenated alkanes) is 1. The van der Waals surface area contributed by atoms with Gasteiger partial charge in [0.15, 0.2) is 0 Å². The zero-order valence-corrected chi connectivity index (χ0v) is 13.3. The van der Waals surface area contributed by atoms with Gasteiger partial charge >= 0.3 is 0 Å². The Labute approximate surface area is 118 Å². The van der Waals surface area contributed by atoms with Crippen LogP contribution >= 0.6 is 0 Å². The molecule has 1 aromatic rings. The molecule has 0 radical (unpaired) electrons. The Bertz CT molecular complexity index is 387. The first-order valence-electron chi connectivity index (χ1n) is 7.49. The number of ether oxygens (including phenoxy) is 1. The van der Waals surface area contributed by atoms with Crippen LogP contribution in [0.4, 0.5) is 0 Å². The molecule has 0 fully saturated rings. The van der Waals surface area contributed by atoms with Gasteiger partial charge in [-0.05, 0) is 62.5 Å². The van der Waals surface area contributed by atoms with E-state index in [9.17, 15) is 0 Å². The minimum absolute atomic E-state index is 1.000. The van der Waals surface area contributed by atoms with Crippen molar-refractivity contribution in [3.8, 4) is 5.75 Å². The highest BCUT2D eigenvalue weighted by atomic mass is 16.5. The van der Waals surface area contributed by atoms with Crippen molar-refractivity contribution in [1.82, 2.24) is 4.90 Å². The average molecular weight is 263 g/mol. The molecule has 0 heterocycles. The lowest BCUT2D eigenvalue weighted by atomic mass is 10.00. The van der Waals surface area contributed by atoms with Gasteiger partial charge in [0.1, 0.15) is 5.75 Å². The van der Waals surface area contributed by atoms with Gasteiger partial charge in [-0.15, -0.1) is 0 Å². The number of likely N-dealkylation sites (N-methyl/N-ethyl adjacent to an activating group) is 1. The Morgan fingerprint density at radius 1 is 1.05 bits per heavy atom. The van der Waals surface area contributed by atoms with Gasteiger partial charge in [0.05, 0.1) is 7.11 Å². The van der Waals surface area contributed by atoms with Crippen LogP contribution in [0.1, 0.15) is 43.4 Å². The molecule has 108 valence electrons. The first-order valence-corrected chi connectivity index (χ1v) is 7.49. The highest BCUT2D eigenvalue weighted by molar-refractivity contribution is 5.43. The van der Waals surface area contributed by atoms with Crippen LogP contribution in [-0.4, -0.2) is 31.6 Å². The molecular formula is C17H29NO. The van der Waals surface area contributed by atoms with Gasteiger partial charge in [-0.2, -0.15) is 0 Å². The molecule has 2 nitrogen and oxygen atoms in total. The standard InChI is InChI=1S/C17H29NO/c1-6-8-12-18(7-2)13-11-16-9-10-17(19-5)15(4)14(16)3/h9-10H,6-8,11-13H2,1-5H3. The van der Waals surface area contributed by atoms with E-state index in [0.29, 0.717) is 0 Å². The Kier molecular flexibility index (Phi) is 6.93. The van der Waals surface area contributed by atoms with E-state index in [1.165, 1.54) is 36.1 Å². The lowest BCUT2D eigenvalue weighted by Gasteiger charge is -2.21. The van der Waals surface area contributed by atoms with E-state index >= 15 is 0 Å². The maximum atomic E-state index is 5.37. The Morgan fingerprint density at radius 3 is 2.37 bits per heavy atom. The van der Waals surface area contributed by atoms with Crippen LogP contribution in [0.15, 0.2) is 12.1 Å². The van der Waals surface area contributed by atoms with Gasteiger partial charge < -0.3 is 9.64 Å². The zero-order valence-electron chi connectivity index (χ0n) is 13.3. The Balaban J connectivity index is 2.64. The molecule has 0 aliphatic heterocycles. The predicted octanol–water partition coefficient (Wildman–Crippen LogP) is 3.98. The molecule has 0 N–H and O–H groups in total. The van der Waals surface area contributed by atoms with Gasteiger partial charge in [0.2, 0.25) is 0 Å². The van der Waals surface area contributed by atoms with E-state index < -0.39 is 0 Å². The van der Waals surface area contributed by atoms with Crippen LogP contribution in [0.3, 0.4) is 0 Å². The van der Waals surface area contributed by atoms with Crippen molar-refractivity contribution < 1.29 is 4.74 Å². The third kappa shape index (κ3) is 4.54. The van der Waals surface area contributed by atoms with Crippen molar-refractivity contribution in [2.45, 2.75) is 47.0 Å². The maximum absolute atomic E-state index is 5.37. The molecule has 0 saturated heterocycles. The Hall–Kier alpha value is -1.02. The summed E-state index contributed by atoms with van der Waals surface area (Å²) in [5.74, 6) is 1.000. The molecule has 2 heteroatoms. The fraction of sp³-hybridized carbons (Fsp3) is 0.647. The van der Waals surface area contributed by atoms with Gasteiger partial charge in [0.25, 0.3) is 0 Å². The monoisotopic (exact) mass is 263 g/mol. The molecular weight excluding hydrogens is 234 g/mol. The molecule has 0 saturated carbocycles. The SMILES string of the molecule is CCCCN(CC)CCc1ccc(OC)c(C)c1C. The fourth-order valence-corrected chi connectivity index (χ4v) is 2.43. The van der Waals surface area contributed by atoms with Crippen LogP contribution in [0.2, 0.25) is 0 Å². The third-order valence-electron chi connectivity index (χ3n) is 4.04. The molecule has 0 unspecified atom stereocenters. The topological polar surface area (TPSA) is 12.5 Å². The summed E-state index contributed by atoms with van der Waals surface area (Å²) < 4.78 is 5.37. The smallest absolute Gasteiger partial charge is 0.122 e. The zero-order chi connectivity index (χ0) is 14.3. The summed E-state index contributed by atoms with van der Waals surface area (Å²) >= 11 is 0. The predicted molar refractivity (Wildman–Crippen MR) is 83.2 cm³/mol. The molecule has 0 aliphatic rings. The first kappa shape index (κ1) is 16.0. The third-order valence-corrected chi connectivity index (χ3v) is 4.04. The normalized spacial score (nSPS) is 11.1. The van der Waals surface area contributed by atoms with Crippen LogP contribution in [0, 0.1) is 13.8 Å². The summed E-state index contributed by atoms with van der Waals surface area (Å²) in [6.45, 7) is 12.4. The van der Waals surface area contributed by atoms with Crippen molar-refractivity contribution in [2.75, 3.05) is 26.7 Å². The van der Waals surface area contributed by atoms with Crippen LogP contribution < -0.4 is 4.74 Å². The Morgan fingerprint density at radius 2 is 1.79 bits per heavy atom. The van der Waals surface area contributed by atoms with Gasteiger partial charge in [-0.3, -0.25) is 0 Å². The van der Waals surface area contributed by atoms with Crippen molar-refractivity contribution in [1.29, 1.82) is 0 Å². The van der Waals surface area contributed by atoms with Gasteiger partial charge in [-0.1, -0.05) is 26.3 Å². The largest absolute Gasteiger partial charge is 0.496 e. The molecule has 0 aromatic heterocycles. The second-order valence-corrected chi connectivity index (χ2v) is 5.21. The molecule has 0 aliphatic carbocycles. The van der Waals surface area contributed by atoms with Crippen LogP contribution in [0.5, 0.6) is 5.75 Å². The van der Waals surface area contributed by atoms with Gasteiger partial charge in [-0.25, -0.2) is 0 Å².